The van der Waals surface area contributed by atoms with Crippen molar-refractivity contribution in [2.45, 2.75) is 38.6 Å². The summed E-state index contributed by atoms with van der Waals surface area (Å²) in [6, 6.07) is 13.4. The number of halogens is 1. The van der Waals surface area contributed by atoms with Crippen LogP contribution in [-0.2, 0) is 9.59 Å². The number of aliphatic carboxylic acids is 1. The molecule has 1 aliphatic carbocycles. The highest BCUT2D eigenvalue weighted by molar-refractivity contribution is 14.1. The van der Waals surface area contributed by atoms with Crippen molar-refractivity contribution in [1.29, 1.82) is 0 Å². The normalized spacial score (nSPS) is 22.6. The number of thioether (sulfide) groups is 1. The van der Waals surface area contributed by atoms with Gasteiger partial charge in [0.2, 0.25) is 0 Å². The number of carbonyl (C=O) groups is 2. The van der Waals surface area contributed by atoms with E-state index in [0.29, 0.717) is 31.1 Å². The molecular weight excluding hydrogens is 579 g/mol. The standard InChI is InChI=1S/C26H27IN2O5S/c1-16-8-6-7-11-20(16)29-25(32)22(35-26(29)28-18-9-4-3-5-10-18)14-17-12-19(27)24(21(13-17)33-2)34-15-23(30)31/h3-5,9-10,12-14,16,20H,6-8,11,15H2,1-2H3,(H,30,31)/b22-14-,28-26?/t16-,20+/m0/s1. The third-order valence-electron chi connectivity index (χ3n) is 6.11. The van der Waals surface area contributed by atoms with Crippen LogP contribution in [0.1, 0.15) is 38.2 Å². The molecule has 184 valence electrons. The van der Waals surface area contributed by atoms with Crippen LogP contribution in [0.25, 0.3) is 6.08 Å². The van der Waals surface area contributed by atoms with Crippen molar-refractivity contribution in [2.24, 2.45) is 10.9 Å². The van der Waals surface area contributed by atoms with E-state index in [1.165, 1.54) is 25.3 Å². The summed E-state index contributed by atoms with van der Waals surface area (Å²) in [5.74, 6) is 0.0802. The first kappa shape index (κ1) is 25.6. The van der Waals surface area contributed by atoms with E-state index in [4.69, 9.17) is 19.6 Å². The van der Waals surface area contributed by atoms with Crippen LogP contribution in [0.5, 0.6) is 11.5 Å². The van der Waals surface area contributed by atoms with E-state index in [9.17, 15) is 9.59 Å². The molecule has 2 aromatic carbocycles. The number of benzene rings is 2. The Bertz CT molecular complexity index is 1170. The molecule has 1 heterocycles. The number of hydrogen-bond acceptors (Lipinski definition) is 6. The van der Waals surface area contributed by atoms with Gasteiger partial charge in [0, 0.05) is 6.04 Å². The van der Waals surface area contributed by atoms with E-state index >= 15 is 0 Å². The Balaban J connectivity index is 1.70. The summed E-state index contributed by atoms with van der Waals surface area (Å²) >= 11 is 3.47. The molecule has 4 rings (SSSR count). The lowest BCUT2D eigenvalue weighted by atomic mass is 9.85. The van der Waals surface area contributed by atoms with Crippen LogP contribution in [0.2, 0.25) is 0 Å². The summed E-state index contributed by atoms with van der Waals surface area (Å²) in [5, 5.41) is 9.65. The van der Waals surface area contributed by atoms with Gasteiger partial charge in [-0.15, -0.1) is 0 Å². The van der Waals surface area contributed by atoms with Gasteiger partial charge < -0.3 is 14.6 Å². The predicted molar refractivity (Wildman–Crippen MR) is 146 cm³/mol. The number of amides is 1. The number of rotatable bonds is 7. The van der Waals surface area contributed by atoms with Crippen LogP contribution in [0.3, 0.4) is 0 Å². The van der Waals surface area contributed by atoms with Crippen LogP contribution in [0, 0.1) is 9.49 Å². The molecule has 0 aromatic heterocycles. The fraction of sp³-hybridized carbons (Fsp3) is 0.346. The van der Waals surface area contributed by atoms with Crippen molar-refractivity contribution in [1.82, 2.24) is 4.90 Å². The number of nitrogens with zero attached hydrogens (tertiary/aromatic N) is 2. The van der Waals surface area contributed by atoms with E-state index in [-0.39, 0.29) is 11.9 Å². The second-order valence-corrected chi connectivity index (χ2v) is 10.7. The van der Waals surface area contributed by atoms with Crippen molar-refractivity contribution in [3.8, 4) is 11.5 Å². The lowest BCUT2D eigenvalue weighted by Crippen LogP contribution is -2.44. The molecule has 2 fully saturated rings. The van der Waals surface area contributed by atoms with E-state index in [2.05, 4.69) is 29.5 Å². The van der Waals surface area contributed by atoms with E-state index in [0.717, 1.165) is 30.5 Å². The maximum atomic E-state index is 13.7. The summed E-state index contributed by atoms with van der Waals surface area (Å²) in [4.78, 5) is 31.9. The fourth-order valence-electron chi connectivity index (χ4n) is 4.40. The lowest BCUT2D eigenvalue weighted by Gasteiger charge is -2.35. The molecule has 1 saturated carbocycles. The zero-order valence-electron chi connectivity index (χ0n) is 19.6. The summed E-state index contributed by atoms with van der Waals surface area (Å²) < 4.78 is 11.5. The molecular formula is C26H27IN2O5S. The zero-order chi connectivity index (χ0) is 24.9. The third-order valence-corrected chi connectivity index (χ3v) is 7.89. The van der Waals surface area contributed by atoms with E-state index < -0.39 is 12.6 Å². The van der Waals surface area contributed by atoms with Crippen molar-refractivity contribution in [3.63, 3.8) is 0 Å². The molecule has 0 radical (unpaired) electrons. The smallest absolute Gasteiger partial charge is 0.341 e. The average Bonchev–Trinajstić information content (AvgIpc) is 3.13. The molecule has 35 heavy (non-hydrogen) atoms. The number of hydrogen-bond donors (Lipinski definition) is 1. The molecule has 7 nitrogen and oxygen atoms in total. The first-order valence-corrected chi connectivity index (χ1v) is 13.4. The Kier molecular flexibility index (Phi) is 8.38. The Hall–Kier alpha value is -2.53. The minimum absolute atomic E-state index is 0.0383. The fourth-order valence-corrected chi connectivity index (χ4v) is 6.22. The van der Waals surface area contributed by atoms with Crippen molar-refractivity contribution >= 4 is 63.2 Å². The second kappa shape index (κ2) is 11.5. The van der Waals surface area contributed by atoms with E-state index in [1.807, 2.05) is 47.4 Å². The van der Waals surface area contributed by atoms with Crippen molar-refractivity contribution in [2.75, 3.05) is 13.7 Å². The van der Waals surface area contributed by atoms with Crippen LogP contribution >= 0.6 is 34.4 Å². The van der Waals surface area contributed by atoms with Crippen LogP contribution in [-0.4, -0.2) is 46.8 Å². The Morgan fingerprint density at radius 3 is 2.69 bits per heavy atom. The largest absolute Gasteiger partial charge is 0.493 e. The third kappa shape index (κ3) is 6.00. The summed E-state index contributed by atoms with van der Waals surface area (Å²) in [6.07, 6.45) is 6.20. The molecule has 2 atom stereocenters. The molecule has 9 heteroatoms. The van der Waals surface area contributed by atoms with Crippen LogP contribution < -0.4 is 9.47 Å². The zero-order valence-corrected chi connectivity index (χ0v) is 22.5. The summed E-state index contributed by atoms with van der Waals surface area (Å²) in [7, 11) is 1.50. The summed E-state index contributed by atoms with van der Waals surface area (Å²) in [6.45, 7) is 1.75. The highest BCUT2D eigenvalue weighted by Gasteiger charge is 2.41. The number of para-hydroxylation sites is 1. The van der Waals surface area contributed by atoms with Gasteiger partial charge in [0.1, 0.15) is 0 Å². The Morgan fingerprint density at radius 1 is 1.26 bits per heavy atom. The minimum Gasteiger partial charge on any atom is -0.493 e. The molecule has 1 aliphatic heterocycles. The lowest BCUT2D eigenvalue weighted by molar-refractivity contribution is -0.139. The van der Waals surface area contributed by atoms with Gasteiger partial charge in [-0.05, 0) is 89.0 Å². The van der Waals surface area contributed by atoms with Gasteiger partial charge in [0.15, 0.2) is 23.3 Å². The molecule has 0 unspecified atom stereocenters. The maximum absolute atomic E-state index is 13.7. The predicted octanol–water partition coefficient (Wildman–Crippen LogP) is 5.95. The molecule has 2 aromatic rings. The highest BCUT2D eigenvalue weighted by atomic mass is 127. The quantitative estimate of drug-likeness (QED) is 0.310. The number of aliphatic imine (C=N–C) groups is 1. The number of ether oxygens (including phenoxy) is 2. The molecule has 1 saturated heterocycles. The average molecular weight is 606 g/mol. The SMILES string of the molecule is COc1cc(/C=C2\SC(=Nc3ccccc3)N([C@@H]3CCCC[C@@H]3C)C2=O)cc(I)c1OCC(=O)O. The van der Waals surface area contributed by atoms with Gasteiger partial charge in [-0.1, -0.05) is 38.0 Å². The monoisotopic (exact) mass is 606 g/mol. The van der Waals surface area contributed by atoms with Gasteiger partial charge in [-0.25, -0.2) is 9.79 Å². The molecule has 0 bridgehead atoms. The molecule has 1 N–H and O–H groups in total. The first-order chi connectivity index (χ1) is 16.9. The van der Waals surface area contributed by atoms with Gasteiger partial charge in [0.05, 0.1) is 21.3 Å². The Morgan fingerprint density at radius 2 is 2.00 bits per heavy atom. The molecule has 1 amide bonds. The number of methoxy groups -OCH3 is 1. The molecule has 2 aliphatic rings. The summed E-state index contributed by atoms with van der Waals surface area (Å²) in [5.41, 5.74) is 1.58. The molecule has 0 spiro atoms. The van der Waals surface area contributed by atoms with Gasteiger partial charge in [-0.3, -0.25) is 9.69 Å². The Labute approximate surface area is 222 Å². The number of amidine groups is 1. The topological polar surface area (TPSA) is 88.4 Å². The van der Waals surface area contributed by atoms with Crippen molar-refractivity contribution in [3.05, 3.63) is 56.5 Å². The number of carboxylic acid groups (broad SMARTS) is 1. The van der Waals surface area contributed by atoms with Crippen molar-refractivity contribution < 1.29 is 24.2 Å². The maximum Gasteiger partial charge on any atom is 0.341 e. The van der Waals surface area contributed by atoms with Gasteiger partial charge >= 0.3 is 5.97 Å². The van der Waals surface area contributed by atoms with E-state index in [1.54, 1.807) is 6.07 Å². The first-order valence-electron chi connectivity index (χ1n) is 11.5. The van der Waals surface area contributed by atoms with Gasteiger partial charge in [-0.2, -0.15) is 0 Å². The second-order valence-electron chi connectivity index (χ2n) is 8.56. The van der Waals surface area contributed by atoms with Crippen LogP contribution in [0.4, 0.5) is 5.69 Å². The number of carboxylic acids is 1. The minimum atomic E-state index is -1.07. The highest BCUT2D eigenvalue weighted by Crippen LogP contribution is 2.41. The van der Waals surface area contributed by atoms with Gasteiger partial charge in [0.25, 0.3) is 5.91 Å². The van der Waals surface area contributed by atoms with Crippen LogP contribution in [0.15, 0.2) is 52.4 Å². The number of carbonyl (C=O) groups excluding carboxylic acids is 1.